The van der Waals surface area contributed by atoms with E-state index < -0.39 is 0 Å². The molecule has 3 heterocycles. The molecule has 4 rings (SSSR count). The number of nitrogens with one attached hydrogen (secondary N) is 1. The number of ketones is 1. The first-order chi connectivity index (χ1) is 16.4. The van der Waals surface area contributed by atoms with Gasteiger partial charge in [-0.1, -0.05) is 20.8 Å². The van der Waals surface area contributed by atoms with Gasteiger partial charge in [-0.25, -0.2) is 4.98 Å². The first-order valence-corrected chi connectivity index (χ1v) is 11.9. The molecule has 3 aromatic heterocycles. The van der Waals surface area contributed by atoms with Gasteiger partial charge < -0.3 is 15.0 Å². The van der Waals surface area contributed by atoms with Gasteiger partial charge in [-0.2, -0.15) is 0 Å². The Hall–Kier alpha value is -3.39. The molecule has 1 saturated carbocycles. The highest BCUT2D eigenvalue weighted by atomic mass is 16.3. The van der Waals surface area contributed by atoms with Crippen molar-refractivity contribution in [2.45, 2.75) is 59.9 Å². The van der Waals surface area contributed by atoms with Crippen LogP contribution < -0.4 is 10.9 Å². The van der Waals surface area contributed by atoms with Crippen LogP contribution in [0.15, 0.2) is 35.4 Å². The van der Waals surface area contributed by atoms with E-state index in [9.17, 15) is 19.5 Å². The van der Waals surface area contributed by atoms with Crippen LogP contribution in [0.25, 0.3) is 22.0 Å². The van der Waals surface area contributed by atoms with Gasteiger partial charge in [0.1, 0.15) is 11.5 Å². The first kappa shape index (κ1) is 25.2. The smallest absolute Gasteiger partial charge is 0.259 e. The summed E-state index contributed by atoms with van der Waals surface area (Å²) >= 11 is 0. The third-order valence-corrected chi connectivity index (χ3v) is 5.66. The van der Waals surface area contributed by atoms with Crippen molar-refractivity contribution < 1.29 is 14.7 Å². The summed E-state index contributed by atoms with van der Waals surface area (Å²) in [4.78, 5) is 46.2. The Morgan fingerprint density at radius 3 is 2.47 bits per heavy atom. The molecule has 0 aromatic carbocycles. The number of rotatable bonds is 8. The van der Waals surface area contributed by atoms with E-state index in [1.165, 1.54) is 4.57 Å². The summed E-state index contributed by atoms with van der Waals surface area (Å²) in [6, 6.07) is 5.11. The third-order valence-electron chi connectivity index (χ3n) is 5.66. The molecular formula is C26H32N4O4. The van der Waals surface area contributed by atoms with Crippen LogP contribution in [-0.2, 0) is 11.3 Å². The van der Waals surface area contributed by atoms with E-state index in [-0.39, 0.29) is 36.3 Å². The number of aliphatic hydroxyl groups excluding tert-OH is 1. The molecule has 0 spiro atoms. The van der Waals surface area contributed by atoms with Crippen LogP contribution in [0.3, 0.4) is 0 Å². The highest BCUT2D eigenvalue weighted by molar-refractivity contribution is 5.96. The molecule has 0 bridgehead atoms. The van der Waals surface area contributed by atoms with Gasteiger partial charge in [-0.15, -0.1) is 0 Å². The average Bonchev–Trinajstić information content (AvgIpc) is 3.68. The Morgan fingerprint density at radius 1 is 1.12 bits per heavy atom. The van der Waals surface area contributed by atoms with Crippen LogP contribution in [-0.4, -0.2) is 37.9 Å². The van der Waals surface area contributed by atoms with Crippen LogP contribution in [0.5, 0.6) is 0 Å². The highest BCUT2D eigenvalue weighted by Crippen LogP contribution is 2.30. The van der Waals surface area contributed by atoms with E-state index in [1.807, 2.05) is 27.7 Å². The van der Waals surface area contributed by atoms with Gasteiger partial charge in [0.25, 0.3) is 5.56 Å². The minimum atomic E-state index is -0.283. The van der Waals surface area contributed by atoms with Crippen molar-refractivity contribution in [3.8, 4) is 11.1 Å². The number of fused-ring (bicyclic) bond motifs is 1. The molecule has 34 heavy (non-hydrogen) atoms. The lowest BCUT2D eigenvalue weighted by Crippen LogP contribution is -2.24. The summed E-state index contributed by atoms with van der Waals surface area (Å²) < 4.78 is 1.48. The topological polar surface area (TPSA) is 114 Å². The van der Waals surface area contributed by atoms with Crippen molar-refractivity contribution >= 4 is 28.4 Å². The number of carbonyl (C=O) groups excluding carboxylic acids is 2. The Morgan fingerprint density at radius 2 is 1.85 bits per heavy atom. The highest BCUT2D eigenvalue weighted by Gasteiger charge is 2.29. The number of aryl methyl sites for hydroxylation is 1. The molecular weight excluding hydrogens is 432 g/mol. The molecule has 3 aromatic rings. The van der Waals surface area contributed by atoms with Gasteiger partial charge >= 0.3 is 0 Å². The fourth-order valence-corrected chi connectivity index (χ4v) is 3.78. The fourth-order valence-electron chi connectivity index (χ4n) is 3.78. The van der Waals surface area contributed by atoms with Crippen LogP contribution >= 0.6 is 0 Å². The summed E-state index contributed by atoms with van der Waals surface area (Å²) in [5.41, 5.74) is 2.50. The lowest BCUT2D eigenvalue weighted by Gasteiger charge is -2.14. The number of pyridine rings is 3. The van der Waals surface area contributed by atoms with Gasteiger partial charge in [0.15, 0.2) is 5.78 Å². The van der Waals surface area contributed by atoms with Crippen molar-refractivity contribution in [3.63, 3.8) is 0 Å². The largest absolute Gasteiger partial charge is 0.395 e. The van der Waals surface area contributed by atoms with Gasteiger partial charge in [0.05, 0.1) is 12.1 Å². The van der Waals surface area contributed by atoms with Crippen molar-refractivity contribution in [1.82, 2.24) is 14.5 Å². The molecule has 1 aliphatic carbocycles. The van der Waals surface area contributed by atoms with Crippen molar-refractivity contribution in [2.75, 3.05) is 11.9 Å². The summed E-state index contributed by atoms with van der Waals surface area (Å²) in [6.07, 6.45) is 6.10. The van der Waals surface area contributed by atoms with E-state index in [4.69, 9.17) is 0 Å². The average molecular weight is 465 g/mol. The van der Waals surface area contributed by atoms with Crippen LogP contribution in [0.1, 0.15) is 62.5 Å². The predicted octanol–water partition coefficient (Wildman–Crippen LogP) is 4.12. The molecule has 8 nitrogen and oxygen atoms in total. The molecule has 2 N–H and O–H groups in total. The van der Waals surface area contributed by atoms with Crippen LogP contribution in [0.2, 0.25) is 0 Å². The molecule has 180 valence electrons. The Bertz CT molecular complexity index is 1260. The van der Waals surface area contributed by atoms with Crippen LogP contribution in [0, 0.1) is 12.8 Å². The Kier molecular flexibility index (Phi) is 8.28. The van der Waals surface area contributed by atoms with E-state index in [0.29, 0.717) is 40.0 Å². The third kappa shape index (κ3) is 5.39. The second-order valence-electron chi connectivity index (χ2n) is 8.19. The molecule has 0 atom stereocenters. The summed E-state index contributed by atoms with van der Waals surface area (Å²) in [6.45, 7) is 7.66. The first-order valence-electron chi connectivity index (χ1n) is 11.9. The van der Waals surface area contributed by atoms with Gasteiger partial charge in [0.2, 0.25) is 5.91 Å². The maximum absolute atomic E-state index is 13.3. The lowest BCUT2D eigenvalue weighted by molar-refractivity contribution is -0.117. The fraction of sp³-hybridized carbons (Fsp3) is 0.423. The number of amides is 1. The summed E-state index contributed by atoms with van der Waals surface area (Å²) in [5.74, 6) is 0.328. The van der Waals surface area contributed by atoms with Gasteiger partial charge in [0, 0.05) is 53.9 Å². The number of aliphatic hydroxyl groups is 1. The second kappa shape index (κ2) is 11.2. The number of aromatic nitrogens is 3. The number of nitrogens with zero attached hydrogens (tertiary/aromatic N) is 3. The minimum absolute atomic E-state index is 0.0247. The number of carbonyl (C=O) groups is 2. The minimum Gasteiger partial charge on any atom is -0.395 e. The van der Waals surface area contributed by atoms with Crippen molar-refractivity contribution in [3.05, 3.63) is 52.2 Å². The zero-order valence-electron chi connectivity index (χ0n) is 20.2. The molecule has 1 aliphatic rings. The maximum Gasteiger partial charge on any atom is 0.259 e. The Balaban J connectivity index is 0.00000158. The van der Waals surface area contributed by atoms with E-state index in [0.717, 1.165) is 24.8 Å². The molecule has 0 unspecified atom stereocenters. The molecule has 0 saturated heterocycles. The number of Topliss-reactive ketones (excluding diaryl/α,β-unsaturated/α-hetero) is 1. The zero-order chi connectivity index (χ0) is 24.8. The SMILES string of the molecule is CC.CCCC(=O)c1cc(C)c(-c2cc3cnc(NC(=O)C4CC4)cc3n(CCO)c2=O)cn1. The van der Waals surface area contributed by atoms with E-state index in [1.54, 1.807) is 30.6 Å². The molecule has 1 amide bonds. The predicted molar refractivity (Wildman–Crippen MR) is 133 cm³/mol. The summed E-state index contributed by atoms with van der Waals surface area (Å²) in [5, 5.41) is 13.1. The van der Waals surface area contributed by atoms with Crippen molar-refractivity contribution in [2.24, 2.45) is 5.92 Å². The lowest BCUT2D eigenvalue weighted by atomic mass is 10.0. The Labute approximate surface area is 199 Å². The molecule has 8 heteroatoms. The zero-order valence-corrected chi connectivity index (χ0v) is 20.2. The van der Waals surface area contributed by atoms with Gasteiger partial charge in [-0.05, 0) is 43.9 Å². The summed E-state index contributed by atoms with van der Waals surface area (Å²) in [7, 11) is 0. The number of anilines is 1. The molecule has 0 radical (unpaired) electrons. The molecule has 1 fully saturated rings. The maximum atomic E-state index is 13.3. The molecule has 0 aliphatic heterocycles. The quantitative estimate of drug-likeness (QED) is 0.485. The van der Waals surface area contributed by atoms with Crippen LogP contribution in [0.4, 0.5) is 5.82 Å². The monoisotopic (exact) mass is 464 g/mol. The number of hydrogen-bond acceptors (Lipinski definition) is 6. The standard InChI is InChI=1S/C24H26N4O4.C2H6/c1-3-4-21(30)19-9-14(2)18(13-25-19)17-10-16-12-26-22(27-23(31)15-5-6-15)11-20(16)28(7-8-29)24(17)32;1-2/h9-13,15,29H,3-8H2,1-2H3,(H,26,27,31);1-2H3. The van der Waals surface area contributed by atoms with Crippen molar-refractivity contribution in [1.29, 1.82) is 0 Å². The normalized spacial score (nSPS) is 12.7. The van der Waals surface area contributed by atoms with Gasteiger partial charge in [-0.3, -0.25) is 19.4 Å². The van der Waals surface area contributed by atoms with E-state index in [2.05, 4.69) is 15.3 Å². The number of hydrogen-bond donors (Lipinski definition) is 2. The second-order valence-corrected chi connectivity index (χ2v) is 8.19. The van der Waals surface area contributed by atoms with E-state index >= 15 is 0 Å².